The lowest BCUT2D eigenvalue weighted by atomic mass is 10.3. The highest BCUT2D eigenvalue weighted by Crippen LogP contribution is 2.29. The van der Waals surface area contributed by atoms with Gasteiger partial charge in [-0.25, -0.2) is 9.97 Å². The summed E-state index contributed by atoms with van der Waals surface area (Å²) in [5.41, 5.74) is 1.14. The molecule has 1 aromatic carbocycles. The van der Waals surface area contributed by atoms with Crippen LogP contribution in [0.3, 0.4) is 0 Å². The molecular weight excluding hydrogens is 310 g/mol. The molecular formula is C13H10BrN3S. The van der Waals surface area contributed by atoms with Gasteiger partial charge in [0.25, 0.3) is 0 Å². The van der Waals surface area contributed by atoms with Crippen LogP contribution < -0.4 is 0 Å². The standard InChI is InChI=1S/C13H10BrN3S/c1-8-15-11(14)7-13(16-8)18-12-6-9-4-2-3-5-10(9)17-12/h2-7,17H,1H3. The van der Waals surface area contributed by atoms with Gasteiger partial charge in [-0.05, 0) is 35.0 Å². The van der Waals surface area contributed by atoms with E-state index in [1.165, 1.54) is 5.39 Å². The van der Waals surface area contributed by atoms with Crippen LogP contribution in [0.25, 0.3) is 10.9 Å². The van der Waals surface area contributed by atoms with Gasteiger partial charge in [-0.1, -0.05) is 30.0 Å². The van der Waals surface area contributed by atoms with Crippen molar-refractivity contribution in [1.29, 1.82) is 0 Å². The minimum Gasteiger partial charge on any atom is -0.349 e. The number of nitrogens with one attached hydrogen (secondary N) is 1. The molecule has 2 aromatic heterocycles. The Morgan fingerprint density at radius 3 is 2.78 bits per heavy atom. The molecule has 0 amide bonds. The van der Waals surface area contributed by atoms with Gasteiger partial charge in [0, 0.05) is 17.0 Å². The largest absolute Gasteiger partial charge is 0.349 e. The van der Waals surface area contributed by atoms with Gasteiger partial charge in [0.1, 0.15) is 15.5 Å². The number of aromatic amines is 1. The first-order valence-electron chi connectivity index (χ1n) is 5.47. The van der Waals surface area contributed by atoms with Crippen LogP contribution in [0.4, 0.5) is 0 Å². The zero-order chi connectivity index (χ0) is 12.5. The van der Waals surface area contributed by atoms with Crippen molar-refractivity contribution in [1.82, 2.24) is 15.0 Å². The minimum absolute atomic E-state index is 0.767. The summed E-state index contributed by atoms with van der Waals surface area (Å²) in [4.78, 5) is 12.0. The van der Waals surface area contributed by atoms with Crippen LogP contribution >= 0.6 is 27.7 Å². The van der Waals surface area contributed by atoms with Crippen molar-refractivity contribution in [3.63, 3.8) is 0 Å². The molecule has 3 aromatic rings. The maximum Gasteiger partial charge on any atom is 0.127 e. The van der Waals surface area contributed by atoms with E-state index < -0.39 is 0 Å². The van der Waals surface area contributed by atoms with Crippen LogP contribution in [-0.2, 0) is 0 Å². The molecule has 18 heavy (non-hydrogen) atoms. The molecule has 5 heteroatoms. The fraction of sp³-hybridized carbons (Fsp3) is 0.0769. The van der Waals surface area contributed by atoms with Crippen LogP contribution in [0.1, 0.15) is 5.82 Å². The van der Waals surface area contributed by atoms with Crippen LogP contribution in [0.5, 0.6) is 0 Å². The summed E-state index contributed by atoms with van der Waals surface area (Å²) in [6, 6.07) is 12.3. The lowest BCUT2D eigenvalue weighted by molar-refractivity contribution is 0.949. The summed E-state index contributed by atoms with van der Waals surface area (Å²) in [6.07, 6.45) is 0. The molecule has 3 rings (SSSR count). The molecule has 90 valence electrons. The average molecular weight is 320 g/mol. The Labute approximate surface area is 117 Å². The fourth-order valence-electron chi connectivity index (χ4n) is 1.77. The summed E-state index contributed by atoms with van der Waals surface area (Å²) < 4.78 is 0.814. The van der Waals surface area contributed by atoms with E-state index in [-0.39, 0.29) is 0 Å². The maximum absolute atomic E-state index is 4.40. The van der Waals surface area contributed by atoms with E-state index in [1.807, 2.05) is 25.1 Å². The fourth-order valence-corrected chi connectivity index (χ4v) is 3.32. The second-order valence-electron chi connectivity index (χ2n) is 3.90. The molecule has 3 nitrogen and oxygen atoms in total. The van der Waals surface area contributed by atoms with Crippen molar-refractivity contribution >= 4 is 38.6 Å². The third kappa shape index (κ3) is 2.42. The predicted molar refractivity (Wildman–Crippen MR) is 76.9 cm³/mol. The number of aryl methyl sites for hydroxylation is 1. The molecule has 0 atom stereocenters. The Balaban J connectivity index is 1.96. The van der Waals surface area contributed by atoms with Gasteiger partial charge in [0.15, 0.2) is 0 Å². The SMILES string of the molecule is Cc1nc(Br)cc(Sc2cc3ccccc3[nH]2)n1. The van der Waals surface area contributed by atoms with Crippen molar-refractivity contribution in [3.05, 3.63) is 46.8 Å². The molecule has 1 N–H and O–H groups in total. The molecule has 2 heterocycles. The Morgan fingerprint density at radius 2 is 2.00 bits per heavy atom. The van der Waals surface area contributed by atoms with Gasteiger partial charge in [0.2, 0.25) is 0 Å². The minimum atomic E-state index is 0.767. The number of H-pyrrole nitrogens is 1. The van der Waals surface area contributed by atoms with E-state index >= 15 is 0 Å². The van der Waals surface area contributed by atoms with Crippen molar-refractivity contribution in [2.75, 3.05) is 0 Å². The van der Waals surface area contributed by atoms with Gasteiger partial charge in [-0.3, -0.25) is 0 Å². The summed E-state index contributed by atoms with van der Waals surface area (Å²) in [6.45, 7) is 1.89. The summed E-state index contributed by atoms with van der Waals surface area (Å²) in [5.74, 6) is 0.767. The van der Waals surface area contributed by atoms with Crippen LogP contribution in [0, 0.1) is 6.92 Å². The van der Waals surface area contributed by atoms with E-state index in [1.54, 1.807) is 11.8 Å². The number of hydrogen-bond acceptors (Lipinski definition) is 3. The van der Waals surface area contributed by atoms with Gasteiger partial charge in [-0.2, -0.15) is 0 Å². The average Bonchev–Trinajstić information content (AvgIpc) is 2.69. The molecule has 0 unspecified atom stereocenters. The van der Waals surface area contributed by atoms with Crippen molar-refractivity contribution in [2.45, 2.75) is 17.0 Å². The number of nitrogens with zero attached hydrogens (tertiary/aromatic N) is 2. The molecule has 0 saturated carbocycles. The smallest absolute Gasteiger partial charge is 0.127 e. The molecule has 0 radical (unpaired) electrons. The first-order chi connectivity index (χ1) is 8.70. The molecule has 0 aliphatic rings. The van der Waals surface area contributed by atoms with Crippen LogP contribution in [0.2, 0.25) is 0 Å². The van der Waals surface area contributed by atoms with E-state index in [2.05, 4.69) is 49.1 Å². The Bertz CT molecular complexity index is 655. The lowest BCUT2D eigenvalue weighted by Crippen LogP contribution is -1.89. The molecule has 0 saturated heterocycles. The Hall–Kier alpha value is -1.33. The highest BCUT2D eigenvalue weighted by Gasteiger charge is 2.05. The van der Waals surface area contributed by atoms with Gasteiger partial charge < -0.3 is 4.98 Å². The van der Waals surface area contributed by atoms with Crippen LogP contribution in [0.15, 0.2) is 51.1 Å². The van der Waals surface area contributed by atoms with Gasteiger partial charge in [0.05, 0.1) is 5.03 Å². The molecule has 0 bridgehead atoms. The van der Waals surface area contributed by atoms with Crippen molar-refractivity contribution in [2.24, 2.45) is 0 Å². The molecule has 0 fully saturated rings. The molecule has 0 aliphatic heterocycles. The van der Waals surface area contributed by atoms with Crippen molar-refractivity contribution < 1.29 is 0 Å². The molecule has 0 spiro atoms. The third-order valence-electron chi connectivity index (χ3n) is 2.50. The number of halogens is 1. The lowest BCUT2D eigenvalue weighted by Gasteiger charge is -2.00. The van der Waals surface area contributed by atoms with E-state index in [9.17, 15) is 0 Å². The first kappa shape index (κ1) is 11.7. The van der Waals surface area contributed by atoms with E-state index in [0.29, 0.717) is 0 Å². The zero-order valence-corrected chi connectivity index (χ0v) is 12.0. The second kappa shape index (κ2) is 4.74. The van der Waals surface area contributed by atoms with E-state index in [0.717, 1.165) is 26.0 Å². The molecule has 0 aliphatic carbocycles. The monoisotopic (exact) mass is 319 g/mol. The number of aromatic nitrogens is 3. The Kier molecular flexibility index (Phi) is 3.09. The topological polar surface area (TPSA) is 41.6 Å². The number of rotatable bonds is 2. The van der Waals surface area contributed by atoms with Gasteiger partial charge in [-0.15, -0.1) is 0 Å². The van der Waals surface area contributed by atoms with E-state index in [4.69, 9.17) is 0 Å². The number of para-hydroxylation sites is 1. The Morgan fingerprint density at radius 1 is 1.17 bits per heavy atom. The van der Waals surface area contributed by atoms with Gasteiger partial charge >= 0.3 is 0 Å². The highest BCUT2D eigenvalue weighted by molar-refractivity contribution is 9.10. The number of hydrogen-bond donors (Lipinski definition) is 1. The van der Waals surface area contributed by atoms with Crippen molar-refractivity contribution in [3.8, 4) is 0 Å². The normalized spacial score (nSPS) is 11.0. The number of fused-ring (bicyclic) bond motifs is 1. The first-order valence-corrected chi connectivity index (χ1v) is 7.08. The zero-order valence-electron chi connectivity index (χ0n) is 9.64. The maximum atomic E-state index is 4.40. The number of benzene rings is 1. The second-order valence-corrected chi connectivity index (χ2v) is 5.77. The third-order valence-corrected chi connectivity index (χ3v) is 3.77. The van der Waals surface area contributed by atoms with Crippen LogP contribution in [-0.4, -0.2) is 15.0 Å². The predicted octanol–water partition coefficient (Wildman–Crippen LogP) is 4.18. The summed E-state index contributed by atoms with van der Waals surface area (Å²) in [5, 5.41) is 3.23. The highest BCUT2D eigenvalue weighted by atomic mass is 79.9. The summed E-state index contributed by atoms with van der Waals surface area (Å²) >= 11 is 4.99. The quantitative estimate of drug-likeness (QED) is 0.720. The summed E-state index contributed by atoms with van der Waals surface area (Å²) in [7, 11) is 0.